The van der Waals surface area contributed by atoms with Gasteiger partial charge in [0.2, 0.25) is 0 Å². The summed E-state index contributed by atoms with van der Waals surface area (Å²) in [7, 11) is 0. The van der Waals surface area contributed by atoms with E-state index in [1.807, 2.05) is 6.92 Å². The van der Waals surface area contributed by atoms with Gasteiger partial charge in [-0.3, -0.25) is 0 Å². The van der Waals surface area contributed by atoms with Crippen LogP contribution in [0.5, 0.6) is 0 Å². The van der Waals surface area contributed by atoms with Gasteiger partial charge in [-0.05, 0) is 19.8 Å². The number of aromatic nitrogens is 2. The second kappa shape index (κ2) is 4.11. The number of rotatable bonds is 1. The van der Waals surface area contributed by atoms with Crippen LogP contribution < -0.4 is 5.32 Å². The molecule has 0 aliphatic carbocycles. The van der Waals surface area contributed by atoms with Gasteiger partial charge >= 0.3 is 0 Å². The maximum absolute atomic E-state index is 5.41. The molecule has 3 heterocycles. The van der Waals surface area contributed by atoms with E-state index in [-0.39, 0.29) is 0 Å². The zero-order valence-electron chi connectivity index (χ0n) is 9.62. The van der Waals surface area contributed by atoms with Gasteiger partial charge in [0, 0.05) is 37.8 Å². The summed E-state index contributed by atoms with van der Waals surface area (Å²) >= 11 is 0. The van der Waals surface area contributed by atoms with Crippen molar-refractivity contribution in [1.82, 2.24) is 15.3 Å². The molecule has 2 aliphatic rings. The quantitative estimate of drug-likeness (QED) is 0.773. The number of ether oxygens (including phenoxy) is 1. The molecule has 0 radical (unpaired) electrons. The fourth-order valence-corrected chi connectivity index (χ4v) is 2.63. The van der Waals surface area contributed by atoms with E-state index in [4.69, 9.17) is 4.74 Å². The van der Waals surface area contributed by atoms with Gasteiger partial charge in [0.1, 0.15) is 5.82 Å². The van der Waals surface area contributed by atoms with Gasteiger partial charge in [-0.1, -0.05) is 0 Å². The lowest BCUT2D eigenvalue weighted by Gasteiger charge is -2.23. The molecule has 4 heteroatoms. The van der Waals surface area contributed by atoms with E-state index < -0.39 is 0 Å². The Morgan fingerprint density at radius 3 is 2.81 bits per heavy atom. The van der Waals surface area contributed by atoms with Crippen molar-refractivity contribution < 1.29 is 4.74 Å². The Hall–Kier alpha value is -1.00. The van der Waals surface area contributed by atoms with Crippen molar-refractivity contribution in [1.29, 1.82) is 0 Å². The topological polar surface area (TPSA) is 47.0 Å². The molecule has 1 fully saturated rings. The zero-order chi connectivity index (χ0) is 11.0. The number of hydrogen-bond acceptors (Lipinski definition) is 4. The van der Waals surface area contributed by atoms with Gasteiger partial charge in [-0.15, -0.1) is 0 Å². The molecule has 0 bridgehead atoms. The van der Waals surface area contributed by atoms with Crippen molar-refractivity contribution in [2.24, 2.45) is 0 Å². The Balaban J connectivity index is 1.99. The molecular formula is C12H17N3O. The van der Waals surface area contributed by atoms with Gasteiger partial charge in [0.25, 0.3) is 0 Å². The minimum absolute atomic E-state index is 0.573. The summed E-state index contributed by atoms with van der Waals surface area (Å²) in [6.45, 7) is 5.56. The maximum Gasteiger partial charge on any atom is 0.125 e. The first kappa shape index (κ1) is 10.2. The molecule has 3 rings (SSSR count). The van der Waals surface area contributed by atoms with Crippen molar-refractivity contribution in [3.63, 3.8) is 0 Å². The highest BCUT2D eigenvalue weighted by Gasteiger charge is 2.25. The minimum atomic E-state index is 0.573. The average molecular weight is 219 g/mol. The molecule has 1 N–H and O–H groups in total. The average Bonchev–Trinajstić information content (AvgIpc) is 2.77. The lowest BCUT2D eigenvalue weighted by molar-refractivity contribution is 0.0842. The molecule has 0 atom stereocenters. The molecule has 1 aromatic heterocycles. The summed E-state index contributed by atoms with van der Waals surface area (Å²) in [4.78, 5) is 9.17. The van der Waals surface area contributed by atoms with E-state index in [1.165, 1.54) is 17.0 Å². The Kier molecular flexibility index (Phi) is 2.61. The summed E-state index contributed by atoms with van der Waals surface area (Å²) < 4.78 is 5.41. The highest BCUT2D eigenvalue weighted by Crippen LogP contribution is 2.30. The third kappa shape index (κ3) is 1.72. The monoisotopic (exact) mass is 219 g/mol. The minimum Gasteiger partial charge on any atom is -0.381 e. The maximum atomic E-state index is 5.41. The standard InChI is InChI=1S/C12H17N3O/c1-8-14-11-7-13-6-10(11)12(15-8)9-2-4-16-5-3-9/h9,13H,2-7H2,1H3. The smallest absolute Gasteiger partial charge is 0.125 e. The molecule has 0 aromatic carbocycles. The second-order valence-corrected chi connectivity index (χ2v) is 4.57. The van der Waals surface area contributed by atoms with E-state index in [0.29, 0.717) is 5.92 Å². The van der Waals surface area contributed by atoms with Crippen LogP contribution in [-0.4, -0.2) is 23.2 Å². The molecule has 16 heavy (non-hydrogen) atoms. The van der Waals surface area contributed by atoms with Gasteiger partial charge in [0.15, 0.2) is 0 Å². The van der Waals surface area contributed by atoms with Gasteiger partial charge in [0.05, 0.1) is 11.4 Å². The van der Waals surface area contributed by atoms with Crippen LogP contribution >= 0.6 is 0 Å². The number of fused-ring (bicyclic) bond motifs is 1. The summed E-state index contributed by atoms with van der Waals surface area (Å²) in [6.07, 6.45) is 2.20. The first-order chi connectivity index (χ1) is 7.84. The largest absolute Gasteiger partial charge is 0.381 e. The van der Waals surface area contributed by atoms with Crippen LogP contribution in [-0.2, 0) is 17.8 Å². The number of nitrogens with zero attached hydrogens (tertiary/aromatic N) is 2. The Bertz CT molecular complexity index is 399. The molecular weight excluding hydrogens is 202 g/mol. The number of hydrogen-bond donors (Lipinski definition) is 1. The predicted molar refractivity (Wildman–Crippen MR) is 60.1 cm³/mol. The summed E-state index contributed by atoms with van der Waals surface area (Å²) in [6, 6.07) is 0. The number of aryl methyl sites for hydroxylation is 1. The molecule has 0 unspecified atom stereocenters. The first-order valence-corrected chi connectivity index (χ1v) is 5.99. The van der Waals surface area contributed by atoms with Crippen LogP contribution in [0.3, 0.4) is 0 Å². The van der Waals surface area contributed by atoms with Gasteiger partial charge < -0.3 is 10.1 Å². The van der Waals surface area contributed by atoms with Crippen LogP contribution in [0.15, 0.2) is 0 Å². The van der Waals surface area contributed by atoms with Crippen molar-refractivity contribution >= 4 is 0 Å². The molecule has 1 aromatic rings. The predicted octanol–water partition coefficient (Wildman–Crippen LogP) is 1.28. The molecule has 0 amide bonds. The second-order valence-electron chi connectivity index (χ2n) is 4.57. The summed E-state index contributed by atoms with van der Waals surface area (Å²) in [5.74, 6) is 1.48. The summed E-state index contributed by atoms with van der Waals surface area (Å²) in [5, 5.41) is 3.36. The van der Waals surface area contributed by atoms with Crippen LogP contribution in [0.25, 0.3) is 0 Å². The van der Waals surface area contributed by atoms with Crippen molar-refractivity contribution in [3.8, 4) is 0 Å². The molecule has 86 valence electrons. The Labute approximate surface area is 95.4 Å². The van der Waals surface area contributed by atoms with Gasteiger partial charge in [-0.25, -0.2) is 9.97 Å². The van der Waals surface area contributed by atoms with Crippen LogP contribution in [0.1, 0.15) is 41.5 Å². The van der Waals surface area contributed by atoms with E-state index in [0.717, 1.165) is 45.0 Å². The first-order valence-electron chi connectivity index (χ1n) is 5.99. The fourth-order valence-electron chi connectivity index (χ4n) is 2.63. The van der Waals surface area contributed by atoms with Crippen LogP contribution in [0.2, 0.25) is 0 Å². The lowest BCUT2D eigenvalue weighted by Crippen LogP contribution is -2.18. The highest BCUT2D eigenvalue weighted by molar-refractivity contribution is 5.31. The third-order valence-corrected chi connectivity index (χ3v) is 3.44. The van der Waals surface area contributed by atoms with E-state index in [1.54, 1.807) is 0 Å². The van der Waals surface area contributed by atoms with E-state index >= 15 is 0 Å². The lowest BCUT2D eigenvalue weighted by atomic mass is 9.92. The molecule has 0 saturated carbocycles. The van der Waals surface area contributed by atoms with Crippen LogP contribution in [0, 0.1) is 6.92 Å². The van der Waals surface area contributed by atoms with Crippen molar-refractivity contribution in [3.05, 3.63) is 22.8 Å². The van der Waals surface area contributed by atoms with Crippen LogP contribution in [0.4, 0.5) is 0 Å². The zero-order valence-corrected chi connectivity index (χ0v) is 9.62. The van der Waals surface area contributed by atoms with Crippen molar-refractivity contribution in [2.45, 2.75) is 38.8 Å². The molecule has 0 spiro atoms. The summed E-state index contributed by atoms with van der Waals surface area (Å²) in [5.41, 5.74) is 3.82. The SMILES string of the molecule is Cc1nc2c(c(C3CCOCC3)n1)CNC2. The normalized spacial score (nSPS) is 21.1. The molecule has 2 aliphatic heterocycles. The molecule has 1 saturated heterocycles. The van der Waals surface area contributed by atoms with E-state index in [9.17, 15) is 0 Å². The highest BCUT2D eigenvalue weighted by atomic mass is 16.5. The molecule has 4 nitrogen and oxygen atoms in total. The third-order valence-electron chi connectivity index (χ3n) is 3.44. The Morgan fingerprint density at radius 2 is 2.00 bits per heavy atom. The fraction of sp³-hybridized carbons (Fsp3) is 0.667. The van der Waals surface area contributed by atoms with Crippen molar-refractivity contribution in [2.75, 3.05) is 13.2 Å². The van der Waals surface area contributed by atoms with E-state index in [2.05, 4.69) is 15.3 Å². The number of nitrogens with one attached hydrogen (secondary N) is 1. The Morgan fingerprint density at radius 1 is 1.19 bits per heavy atom. The van der Waals surface area contributed by atoms with Gasteiger partial charge in [-0.2, -0.15) is 0 Å².